The Labute approximate surface area is 129 Å². The number of phenolic OH excluding ortho intramolecular Hbond substituents is 2. The summed E-state index contributed by atoms with van der Waals surface area (Å²) in [6.45, 7) is 0.339. The highest BCUT2D eigenvalue weighted by molar-refractivity contribution is 5.48. The molecule has 2 rings (SSSR count). The lowest BCUT2D eigenvalue weighted by Crippen LogP contribution is -2.04. The summed E-state index contributed by atoms with van der Waals surface area (Å²) in [4.78, 5) is 0. The summed E-state index contributed by atoms with van der Waals surface area (Å²) in [5.41, 5.74) is 8.37. The number of methoxy groups -OCH3 is 2. The zero-order valence-corrected chi connectivity index (χ0v) is 12.8. The quantitative estimate of drug-likeness (QED) is 0.763. The van der Waals surface area contributed by atoms with Gasteiger partial charge in [-0.15, -0.1) is 0 Å². The van der Waals surface area contributed by atoms with Crippen LogP contribution in [0.5, 0.6) is 23.0 Å². The summed E-state index contributed by atoms with van der Waals surface area (Å²) < 4.78 is 10.7. The second kappa shape index (κ2) is 7.04. The molecule has 0 bridgehead atoms. The van der Waals surface area contributed by atoms with E-state index in [1.807, 2.05) is 12.1 Å². The van der Waals surface area contributed by atoms with E-state index in [0.29, 0.717) is 30.9 Å². The van der Waals surface area contributed by atoms with E-state index in [2.05, 4.69) is 0 Å². The highest BCUT2D eigenvalue weighted by Crippen LogP contribution is 2.31. The molecule has 0 saturated carbocycles. The van der Waals surface area contributed by atoms with Gasteiger partial charge in [0.15, 0.2) is 0 Å². The molecule has 5 heteroatoms. The van der Waals surface area contributed by atoms with Crippen molar-refractivity contribution in [1.82, 2.24) is 0 Å². The number of benzene rings is 2. The minimum atomic E-state index is 0.0527. The van der Waals surface area contributed by atoms with Crippen LogP contribution in [0.3, 0.4) is 0 Å². The van der Waals surface area contributed by atoms with E-state index < -0.39 is 0 Å². The van der Waals surface area contributed by atoms with Gasteiger partial charge < -0.3 is 25.4 Å². The Balaban J connectivity index is 2.22. The minimum absolute atomic E-state index is 0.0527. The van der Waals surface area contributed by atoms with Crippen LogP contribution >= 0.6 is 0 Å². The molecule has 118 valence electrons. The first kappa shape index (κ1) is 16.0. The van der Waals surface area contributed by atoms with Crippen LogP contribution < -0.4 is 15.2 Å². The van der Waals surface area contributed by atoms with E-state index in [4.69, 9.17) is 15.2 Å². The van der Waals surface area contributed by atoms with E-state index >= 15 is 0 Å². The SMILES string of the molecule is COc1cc(CCc2ccc(O)cc2O)cc(OC)c1CN. The van der Waals surface area contributed by atoms with Crippen LogP contribution in [-0.2, 0) is 19.4 Å². The van der Waals surface area contributed by atoms with E-state index in [9.17, 15) is 10.2 Å². The predicted molar refractivity (Wildman–Crippen MR) is 84.6 cm³/mol. The van der Waals surface area contributed by atoms with E-state index in [0.717, 1.165) is 16.7 Å². The fraction of sp³-hybridized carbons (Fsp3) is 0.294. The van der Waals surface area contributed by atoms with Crippen LogP contribution in [0.15, 0.2) is 30.3 Å². The molecule has 4 N–H and O–H groups in total. The van der Waals surface area contributed by atoms with Gasteiger partial charge in [0.2, 0.25) is 0 Å². The molecule has 0 radical (unpaired) electrons. The average molecular weight is 303 g/mol. The van der Waals surface area contributed by atoms with E-state index in [-0.39, 0.29) is 11.5 Å². The van der Waals surface area contributed by atoms with Crippen molar-refractivity contribution < 1.29 is 19.7 Å². The third kappa shape index (κ3) is 3.43. The molecule has 0 aromatic heterocycles. The molecule has 0 saturated heterocycles. The van der Waals surface area contributed by atoms with Gasteiger partial charge in [-0.3, -0.25) is 0 Å². The molecule has 0 heterocycles. The van der Waals surface area contributed by atoms with Gasteiger partial charge in [-0.1, -0.05) is 6.07 Å². The number of ether oxygens (including phenoxy) is 2. The Bertz CT molecular complexity index is 630. The second-order valence-corrected chi connectivity index (χ2v) is 5.00. The minimum Gasteiger partial charge on any atom is -0.508 e. The van der Waals surface area contributed by atoms with Crippen LogP contribution in [0.2, 0.25) is 0 Å². The normalized spacial score (nSPS) is 10.5. The molecule has 0 fully saturated rings. The molecule has 22 heavy (non-hydrogen) atoms. The van der Waals surface area contributed by atoms with Crippen LogP contribution in [-0.4, -0.2) is 24.4 Å². The third-order valence-electron chi connectivity index (χ3n) is 3.62. The molecule has 0 aliphatic carbocycles. The lowest BCUT2D eigenvalue weighted by atomic mass is 10.0. The number of aromatic hydroxyl groups is 2. The summed E-state index contributed by atoms with van der Waals surface area (Å²) in [5, 5.41) is 19.1. The Hall–Kier alpha value is -2.40. The van der Waals surface area contributed by atoms with Crippen LogP contribution in [0, 0.1) is 0 Å². The highest BCUT2D eigenvalue weighted by Gasteiger charge is 2.12. The number of hydrogen-bond donors (Lipinski definition) is 3. The van der Waals surface area contributed by atoms with Crippen molar-refractivity contribution in [2.24, 2.45) is 5.73 Å². The standard InChI is InChI=1S/C17H21NO4/c1-21-16-7-11(8-17(22-2)14(16)10-18)3-4-12-5-6-13(19)9-15(12)20/h5-9,19-20H,3-4,10,18H2,1-2H3. The molecule has 0 amide bonds. The molecular weight excluding hydrogens is 282 g/mol. The van der Waals surface area contributed by atoms with E-state index in [1.54, 1.807) is 26.4 Å². The van der Waals surface area contributed by atoms with Gasteiger partial charge in [0.1, 0.15) is 23.0 Å². The number of aryl methyl sites for hydroxylation is 2. The molecule has 0 unspecified atom stereocenters. The summed E-state index contributed by atoms with van der Waals surface area (Å²) in [7, 11) is 3.20. The third-order valence-corrected chi connectivity index (χ3v) is 3.62. The topological polar surface area (TPSA) is 84.9 Å². The first-order valence-corrected chi connectivity index (χ1v) is 7.03. The zero-order chi connectivity index (χ0) is 16.1. The molecule has 5 nitrogen and oxygen atoms in total. The monoisotopic (exact) mass is 303 g/mol. The zero-order valence-electron chi connectivity index (χ0n) is 12.8. The first-order chi connectivity index (χ1) is 10.6. The predicted octanol–water partition coefficient (Wildman–Crippen LogP) is 2.36. The highest BCUT2D eigenvalue weighted by atomic mass is 16.5. The lowest BCUT2D eigenvalue weighted by Gasteiger charge is -2.14. The van der Waals surface area contributed by atoms with Gasteiger partial charge >= 0.3 is 0 Å². The Morgan fingerprint density at radius 3 is 2.09 bits per heavy atom. The van der Waals surface area contributed by atoms with Crippen molar-refractivity contribution >= 4 is 0 Å². The Kier molecular flexibility index (Phi) is 5.12. The Morgan fingerprint density at radius 1 is 0.955 bits per heavy atom. The second-order valence-electron chi connectivity index (χ2n) is 5.00. The molecule has 0 aliphatic heterocycles. The van der Waals surface area contributed by atoms with Gasteiger partial charge in [0.25, 0.3) is 0 Å². The molecule has 2 aromatic rings. The molecule has 0 spiro atoms. The Morgan fingerprint density at radius 2 is 1.59 bits per heavy atom. The summed E-state index contributed by atoms with van der Waals surface area (Å²) in [6, 6.07) is 8.49. The largest absolute Gasteiger partial charge is 0.508 e. The van der Waals surface area contributed by atoms with Gasteiger partial charge in [-0.05, 0) is 42.2 Å². The number of rotatable bonds is 6. The molecular formula is C17H21NO4. The first-order valence-electron chi connectivity index (χ1n) is 7.03. The molecule has 2 aromatic carbocycles. The van der Waals surface area contributed by atoms with Gasteiger partial charge in [-0.25, -0.2) is 0 Å². The van der Waals surface area contributed by atoms with Crippen LogP contribution in [0.25, 0.3) is 0 Å². The number of hydrogen-bond acceptors (Lipinski definition) is 5. The fourth-order valence-corrected chi connectivity index (χ4v) is 2.43. The van der Waals surface area contributed by atoms with E-state index in [1.165, 1.54) is 6.07 Å². The van der Waals surface area contributed by atoms with Crippen molar-refractivity contribution in [3.05, 3.63) is 47.0 Å². The van der Waals surface area contributed by atoms with Crippen molar-refractivity contribution in [2.75, 3.05) is 14.2 Å². The fourth-order valence-electron chi connectivity index (χ4n) is 2.43. The van der Waals surface area contributed by atoms with Crippen molar-refractivity contribution in [3.8, 4) is 23.0 Å². The lowest BCUT2D eigenvalue weighted by molar-refractivity contribution is 0.384. The summed E-state index contributed by atoms with van der Waals surface area (Å²) in [6.07, 6.45) is 1.34. The molecule has 0 atom stereocenters. The summed E-state index contributed by atoms with van der Waals surface area (Å²) >= 11 is 0. The maximum atomic E-state index is 9.83. The van der Waals surface area contributed by atoms with Crippen molar-refractivity contribution in [1.29, 1.82) is 0 Å². The van der Waals surface area contributed by atoms with Gasteiger partial charge in [0, 0.05) is 18.2 Å². The van der Waals surface area contributed by atoms with Crippen molar-refractivity contribution in [2.45, 2.75) is 19.4 Å². The smallest absolute Gasteiger partial charge is 0.127 e. The summed E-state index contributed by atoms with van der Waals surface area (Å²) in [5.74, 6) is 1.55. The van der Waals surface area contributed by atoms with Gasteiger partial charge in [-0.2, -0.15) is 0 Å². The maximum Gasteiger partial charge on any atom is 0.127 e. The molecule has 0 aliphatic rings. The van der Waals surface area contributed by atoms with Crippen LogP contribution in [0.1, 0.15) is 16.7 Å². The van der Waals surface area contributed by atoms with Crippen molar-refractivity contribution in [3.63, 3.8) is 0 Å². The average Bonchev–Trinajstić information content (AvgIpc) is 2.52. The number of phenols is 2. The number of nitrogens with two attached hydrogens (primary N) is 1. The van der Waals surface area contributed by atoms with Gasteiger partial charge in [0.05, 0.1) is 14.2 Å². The van der Waals surface area contributed by atoms with Crippen LogP contribution in [0.4, 0.5) is 0 Å². The maximum absolute atomic E-state index is 9.83.